The molecule has 1 aromatic rings. The molecule has 2 aliphatic heterocycles. The normalized spacial score (nSPS) is 28.5. The lowest BCUT2D eigenvalue weighted by Crippen LogP contribution is -2.57. The second-order valence-electron chi connectivity index (χ2n) is 12.6. The number of rotatable bonds is 14. The Morgan fingerprint density at radius 2 is 1.62 bits per heavy atom. The highest BCUT2D eigenvalue weighted by molar-refractivity contribution is 5.98. The van der Waals surface area contributed by atoms with Gasteiger partial charge in [-0.05, 0) is 75.0 Å². The van der Waals surface area contributed by atoms with Crippen LogP contribution in [0.4, 0.5) is 0 Å². The van der Waals surface area contributed by atoms with Gasteiger partial charge >= 0.3 is 0 Å². The number of carbonyl (C=O) groups is 4. The molecule has 11 heteroatoms. The number of ether oxygens (including phenoxy) is 3. The average molecular weight is 585 g/mol. The number of hydrogen-bond acceptors (Lipinski definition) is 8. The predicted molar refractivity (Wildman–Crippen MR) is 154 cm³/mol. The minimum absolute atomic E-state index is 0.116. The Labute approximate surface area is 247 Å². The number of methoxy groups -OCH3 is 1. The second-order valence-corrected chi connectivity index (χ2v) is 12.6. The first-order valence-corrected chi connectivity index (χ1v) is 15.1. The lowest BCUT2D eigenvalue weighted by Gasteiger charge is -2.28. The summed E-state index contributed by atoms with van der Waals surface area (Å²) in [5, 5.41) is 8.57. The van der Waals surface area contributed by atoms with Crippen LogP contribution in [0, 0.1) is 17.8 Å². The fourth-order valence-corrected chi connectivity index (χ4v) is 6.31. The number of nitrogens with one attached hydrogen (secondary N) is 3. The molecule has 2 saturated carbocycles. The van der Waals surface area contributed by atoms with Gasteiger partial charge < -0.3 is 30.2 Å². The van der Waals surface area contributed by atoms with E-state index in [0.717, 1.165) is 30.2 Å². The Morgan fingerprint density at radius 3 is 2.24 bits per heavy atom. The van der Waals surface area contributed by atoms with Gasteiger partial charge in [-0.2, -0.15) is 0 Å². The van der Waals surface area contributed by atoms with E-state index < -0.39 is 35.5 Å². The lowest BCUT2D eigenvalue weighted by atomic mass is 9.89. The van der Waals surface area contributed by atoms with Gasteiger partial charge in [0.2, 0.25) is 17.7 Å². The first-order chi connectivity index (χ1) is 20.1. The Kier molecular flexibility index (Phi) is 9.49. The predicted octanol–water partition coefficient (Wildman–Crippen LogP) is 0.838. The molecule has 11 nitrogen and oxygen atoms in total. The number of benzene rings is 1. The number of fused-ring (bicyclic) bond motifs is 1. The molecule has 7 atom stereocenters. The molecular weight excluding hydrogens is 540 g/mol. The van der Waals surface area contributed by atoms with Gasteiger partial charge in [0.25, 0.3) is 0 Å². The molecular formula is C31H44N4O7. The molecule has 3 amide bonds. The number of Topliss-reactive ketones (excluding diaryl/α,β-unsaturated/α-hetero) is 1. The highest BCUT2D eigenvalue weighted by Gasteiger charge is 2.52. The third-order valence-corrected chi connectivity index (χ3v) is 9.12. The van der Waals surface area contributed by atoms with Gasteiger partial charge in [0, 0.05) is 19.5 Å². The SMILES string of the molecule is COc1ccc(C[C@H](NC(=O)[C@H](C)NC(=O)CN2CCOCC2)C(=O)N[C@@H](CC2C[C@@H]3C[C@@H]3C2)C(=O)[C@]2(C)CO2)cc1. The molecule has 0 radical (unpaired) electrons. The van der Waals surface area contributed by atoms with Gasteiger partial charge in [0.1, 0.15) is 23.4 Å². The van der Waals surface area contributed by atoms with E-state index in [1.807, 2.05) is 17.0 Å². The van der Waals surface area contributed by atoms with Crippen LogP contribution in [-0.4, -0.2) is 98.7 Å². The zero-order valence-corrected chi connectivity index (χ0v) is 24.9. The van der Waals surface area contributed by atoms with Crippen molar-refractivity contribution in [3.05, 3.63) is 29.8 Å². The Balaban J connectivity index is 1.25. The molecule has 4 fully saturated rings. The number of hydrogen-bond donors (Lipinski definition) is 3. The van der Waals surface area contributed by atoms with Crippen LogP contribution in [0.3, 0.4) is 0 Å². The van der Waals surface area contributed by atoms with Gasteiger partial charge in [-0.15, -0.1) is 0 Å². The van der Waals surface area contributed by atoms with Crippen LogP contribution in [0.15, 0.2) is 24.3 Å². The number of morpholine rings is 1. The van der Waals surface area contributed by atoms with Crippen LogP contribution in [0.25, 0.3) is 0 Å². The summed E-state index contributed by atoms with van der Waals surface area (Å²) in [6.45, 7) is 6.33. The highest BCUT2D eigenvalue weighted by atomic mass is 16.6. The van der Waals surface area contributed by atoms with Gasteiger partial charge in [-0.1, -0.05) is 12.1 Å². The van der Waals surface area contributed by atoms with E-state index >= 15 is 0 Å². The Hall–Kier alpha value is -3.02. The van der Waals surface area contributed by atoms with Crippen molar-refractivity contribution in [2.24, 2.45) is 17.8 Å². The zero-order chi connectivity index (χ0) is 29.9. The molecule has 2 heterocycles. The van der Waals surface area contributed by atoms with Gasteiger partial charge in [-0.25, -0.2) is 0 Å². The quantitative estimate of drug-likeness (QED) is 0.274. The molecule has 4 aliphatic rings. The van der Waals surface area contributed by atoms with E-state index in [-0.39, 0.29) is 24.7 Å². The number of carbonyl (C=O) groups excluding carboxylic acids is 4. The van der Waals surface area contributed by atoms with Crippen molar-refractivity contribution < 1.29 is 33.4 Å². The summed E-state index contributed by atoms with van der Waals surface area (Å²) in [7, 11) is 1.58. The number of epoxide rings is 1. The molecule has 1 unspecified atom stereocenters. The Morgan fingerprint density at radius 1 is 0.976 bits per heavy atom. The second kappa shape index (κ2) is 13.1. The molecule has 42 heavy (non-hydrogen) atoms. The fourth-order valence-electron chi connectivity index (χ4n) is 6.31. The smallest absolute Gasteiger partial charge is 0.243 e. The Bertz CT molecular complexity index is 1140. The summed E-state index contributed by atoms with van der Waals surface area (Å²) in [4.78, 5) is 55.0. The maximum Gasteiger partial charge on any atom is 0.243 e. The number of nitrogens with zero attached hydrogens (tertiary/aromatic N) is 1. The highest BCUT2D eigenvalue weighted by Crippen LogP contribution is 2.55. The summed E-state index contributed by atoms with van der Waals surface area (Å²) in [6.07, 6.45) is 4.25. The van der Waals surface area contributed by atoms with Crippen molar-refractivity contribution in [1.29, 1.82) is 0 Å². The minimum atomic E-state index is -0.954. The monoisotopic (exact) mass is 584 g/mol. The van der Waals surface area contributed by atoms with Crippen molar-refractivity contribution in [3.8, 4) is 5.75 Å². The van der Waals surface area contributed by atoms with Crippen molar-refractivity contribution >= 4 is 23.5 Å². The minimum Gasteiger partial charge on any atom is -0.497 e. The summed E-state index contributed by atoms with van der Waals surface area (Å²) in [5.74, 6) is 1.29. The first kappa shape index (κ1) is 30.4. The summed E-state index contributed by atoms with van der Waals surface area (Å²) in [6, 6.07) is 4.77. The third kappa shape index (κ3) is 7.87. The summed E-state index contributed by atoms with van der Waals surface area (Å²) < 4.78 is 16.0. The molecule has 5 rings (SSSR count). The van der Waals surface area contributed by atoms with E-state index in [1.165, 1.54) is 6.42 Å². The van der Waals surface area contributed by atoms with Crippen LogP contribution < -0.4 is 20.7 Å². The van der Waals surface area contributed by atoms with E-state index in [2.05, 4.69) is 16.0 Å². The van der Waals surface area contributed by atoms with Crippen LogP contribution in [0.5, 0.6) is 5.75 Å². The van der Waals surface area contributed by atoms with E-state index in [0.29, 0.717) is 51.0 Å². The topological polar surface area (TPSA) is 139 Å². The zero-order valence-electron chi connectivity index (χ0n) is 24.9. The molecule has 1 aromatic carbocycles. The van der Waals surface area contributed by atoms with Crippen molar-refractivity contribution in [2.75, 3.05) is 46.6 Å². The summed E-state index contributed by atoms with van der Waals surface area (Å²) in [5.41, 5.74) is -0.0514. The first-order valence-electron chi connectivity index (χ1n) is 15.1. The van der Waals surface area contributed by atoms with Gasteiger partial charge in [-0.3, -0.25) is 24.1 Å². The fraction of sp³-hybridized carbons (Fsp3) is 0.677. The van der Waals surface area contributed by atoms with E-state index in [4.69, 9.17) is 14.2 Å². The molecule has 3 N–H and O–H groups in total. The maximum absolute atomic E-state index is 13.8. The molecule has 2 aliphatic carbocycles. The number of ketones is 1. The van der Waals surface area contributed by atoms with Crippen molar-refractivity contribution in [1.82, 2.24) is 20.9 Å². The van der Waals surface area contributed by atoms with Crippen LogP contribution >= 0.6 is 0 Å². The molecule has 0 spiro atoms. The standard InChI is InChI=1S/C31H44N4O7/c1-19(32-27(36)17-35-8-10-41-11-9-35)29(38)34-26(14-20-4-6-24(40-3)7-5-20)30(39)33-25(28(37)31(2)18-42-31)15-21-12-22-16-23(22)13-21/h4-7,19,21-23,25-26H,8-18H2,1-3H3,(H,32,36)(H,33,39)(H,34,38)/t19-,21?,22-,23+,25-,26-,31-/m0/s1. The van der Waals surface area contributed by atoms with Crippen LogP contribution in [-0.2, 0) is 35.1 Å². The summed E-state index contributed by atoms with van der Waals surface area (Å²) >= 11 is 0. The molecule has 230 valence electrons. The van der Waals surface area contributed by atoms with Gasteiger partial charge in [0.05, 0.1) is 39.5 Å². The van der Waals surface area contributed by atoms with Crippen molar-refractivity contribution in [2.45, 2.75) is 69.7 Å². The van der Waals surface area contributed by atoms with Gasteiger partial charge in [0.15, 0.2) is 5.78 Å². The van der Waals surface area contributed by atoms with Crippen LogP contribution in [0.2, 0.25) is 0 Å². The average Bonchev–Trinajstić information content (AvgIpc) is 3.88. The third-order valence-electron chi connectivity index (χ3n) is 9.12. The van der Waals surface area contributed by atoms with E-state index in [1.54, 1.807) is 33.1 Å². The molecule has 2 saturated heterocycles. The maximum atomic E-state index is 13.8. The number of amides is 3. The van der Waals surface area contributed by atoms with Crippen molar-refractivity contribution in [3.63, 3.8) is 0 Å². The molecule has 0 bridgehead atoms. The van der Waals surface area contributed by atoms with Crippen LogP contribution in [0.1, 0.15) is 45.1 Å². The van der Waals surface area contributed by atoms with E-state index in [9.17, 15) is 19.2 Å². The lowest BCUT2D eigenvalue weighted by molar-refractivity contribution is -0.134. The molecule has 0 aromatic heterocycles. The largest absolute Gasteiger partial charge is 0.497 e.